The third kappa shape index (κ3) is 2.74. The lowest BCUT2D eigenvalue weighted by Gasteiger charge is -2.30. The van der Waals surface area contributed by atoms with Crippen LogP contribution in [0.5, 0.6) is 0 Å². The maximum atomic E-state index is 11.6. The van der Waals surface area contributed by atoms with Crippen LogP contribution < -0.4 is 0 Å². The quantitative estimate of drug-likeness (QED) is 0.520. The van der Waals surface area contributed by atoms with Gasteiger partial charge in [0.25, 0.3) is 0 Å². The Balaban J connectivity index is 1.80. The van der Waals surface area contributed by atoms with Gasteiger partial charge < -0.3 is 0 Å². The molecule has 2 atom stereocenters. The number of carbonyl (C=O) groups excluding carboxylic acids is 2. The highest BCUT2D eigenvalue weighted by Gasteiger charge is 2.43. The number of allylic oxidation sites excluding steroid dienone is 4. The molecule has 2 rings (SSSR count). The predicted octanol–water partition coefficient (Wildman–Crippen LogP) is 3.23. The molecule has 1 fully saturated rings. The van der Waals surface area contributed by atoms with Crippen molar-refractivity contribution in [3.63, 3.8) is 0 Å². The Morgan fingerprint density at radius 2 is 2.29 bits per heavy atom. The van der Waals surface area contributed by atoms with Gasteiger partial charge in [-0.2, -0.15) is 0 Å². The molecule has 0 saturated heterocycles. The van der Waals surface area contributed by atoms with Gasteiger partial charge in [0, 0.05) is 18.8 Å². The Morgan fingerprint density at radius 1 is 1.47 bits per heavy atom. The van der Waals surface area contributed by atoms with E-state index in [4.69, 9.17) is 0 Å². The molecule has 92 valence electrons. The van der Waals surface area contributed by atoms with Crippen molar-refractivity contribution in [1.82, 2.24) is 0 Å². The molecule has 0 N–H and O–H groups in total. The summed E-state index contributed by atoms with van der Waals surface area (Å²) in [4.78, 5) is 23.0. The van der Waals surface area contributed by atoms with Gasteiger partial charge in [-0.25, -0.2) is 0 Å². The molecule has 0 aromatic rings. The molecule has 0 heterocycles. The van der Waals surface area contributed by atoms with E-state index in [9.17, 15) is 9.59 Å². The average molecular weight is 232 g/mol. The van der Waals surface area contributed by atoms with Gasteiger partial charge in [0.2, 0.25) is 0 Å². The largest absolute Gasteiger partial charge is 0.299 e. The molecule has 2 aliphatic carbocycles. The number of rotatable bonds is 6. The summed E-state index contributed by atoms with van der Waals surface area (Å²) in [5.74, 6) is 1.20. The van der Waals surface area contributed by atoms with E-state index < -0.39 is 0 Å². The summed E-state index contributed by atoms with van der Waals surface area (Å²) in [6.07, 6.45) is 11.3. The number of fused-ring (bicyclic) bond motifs is 1. The minimum Gasteiger partial charge on any atom is -0.299 e. The van der Waals surface area contributed by atoms with Crippen molar-refractivity contribution in [1.29, 1.82) is 0 Å². The molecular weight excluding hydrogens is 212 g/mol. The van der Waals surface area contributed by atoms with E-state index in [0.717, 1.165) is 37.7 Å². The van der Waals surface area contributed by atoms with Gasteiger partial charge in [-0.05, 0) is 30.4 Å². The first-order valence-corrected chi connectivity index (χ1v) is 6.66. The fourth-order valence-corrected chi connectivity index (χ4v) is 2.69. The van der Waals surface area contributed by atoms with Crippen LogP contribution in [0.3, 0.4) is 0 Å². The second-order valence-corrected chi connectivity index (χ2v) is 5.10. The van der Waals surface area contributed by atoms with Crippen molar-refractivity contribution in [2.24, 2.45) is 11.8 Å². The molecule has 0 unspecified atom stereocenters. The number of hydrogen-bond donors (Lipinski definition) is 0. The zero-order valence-corrected chi connectivity index (χ0v) is 10.4. The standard InChI is InChI=1S/C15H20O2/c1-2-3-4-5-13(16)9-8-11-6-7-12-10-14(17)15(11)12/h6,8-9,12,15H,2-5,7,10H2,1H3/b9-8+/t12-,15-/m1/s1. The summed E-state index contributed by atoms with van der Waals surface area (Å²) in [7, 11) is 0. The fraction of sp³-hybridized carbons (Fsp3) is 0.600. The van der Waals surface area contributed by atoms with Crippen LogP contribution in [0.25, 0.3) is 0 Å². The Kier molecular flexibility index (Phi) is 3.93. The zero-order valence-electron chi connectivity index (χ0n) is 10.4. The maximum Gasteiger partial charge on any atom is 0.155 e. The average Bonchev–Trinajstić information content (AvgIpc) is 2.63. The van der Waals surface area contributed by atoms with Crippen LogP contribution in [0.4, 0.5) is 0 Å². The van der Waals surface area contributed by atoms with E-state index >= 15 is 0 Å². The minimum absolute atomic E-state index is 0.120. The highest BCUT2D eigenvalue weighted by molar-refractivity contribution is 5.93. The monoisotopic (exact) mass is 232 g/mol. The molecule has 0 amide bonds. The van der Waals surface area contributed by atoms with Crippen molar-refractivity contribution >= 4 is 11.6 Å². The van der Waals surface area contributed by atoms with Crippen molar-refractivity contribution in [3.8, 4) is 0 Å². The molecule has 2 heteroatoms. The van der Waals surface area contributed by atoms with E-state index in [0.29, 0.717) is 18.1 Å². The summed E-state index contributed by atoms with van der Waals surface area (Å²) in [5, 5.41) is 0. The SMILES string of the molecule is CCCCCC(=O)/C=C/C1=CC[C@@H]2CC(=O)[C@H]12. The van der Waals surface area contributed by atoms with Crippen LogP contribution in [-0.4, -0.2) is 11.6 Å². The van der Waals surface area contributed by atoms with Crippen LogP contribution >= 0.6 is 0 Å². The van der Waals surface area contributed by atoms with Crippen molar-refractivity contribution in [2.45, 2.75) is 45.4 Å². The first kappa shape index (κ1) is 12.3. The first-order chi connectivity index (χ1) is 8.22. The minimum atomic E-state index is 0.120. The Hall–Kier alpha value is -1.18. The molecule has 0 bridgehead atoms. The van der Waals surface area contributed by atoms with Gasteiger partial charge in [0.15, 0.2) is 5.78 Å². The number of ketones is 2. The van der Waals surface area contributed by atoms with Gasteiger partial charge in [0.1, 0.15) is 5.78 Å². The molecule has 2 nitrogen and oxygen atoms in total. The van der Waals surface area contributed by atoms with Crippen molar-refractivity contribution < 1.29 is 9.59 Å². The topological polar surface area (TPSA) is 34.1 Å². The lowest BCUT2D eigenvalue weighted by atomic mass is 9.72. The molecule has 0 aliphatic heterocycles. The van der Waals surface area contributed by atoms with Crippen LogP contribution in [0.2, 0.25) is 0 Å². The molecule has 2 aliphatic rings. The van der Waals surface area contributed by atoms with E-state index in [1.54, 1.807) is 6.08 Å². The molecule has 0 aromatic heterocycles. The smallest absolute Gasteiger partial charge is 0.155 e. The summed E-state index contributed by atoms with van der Waals surface area (Å²) >= 11 is 0. The van der Waals surface area contributed by atoms with Crippen LogP contribution in [0.15, 0.2) is 23.8 Å². The second kappa shape index (κ2) is 5.44. The highest BCUT2D eigenvalue weighted by Crippen LogP contribution is 2.44. The van der Waals surface area contributed by atoms with E-state index in [2.05, 4.69) is 13.0 Å². The summed E-state index contributed by atoms with van der Waals surface area (Å²) in [5.41, 5.74) is 1.08. The molecule has 1 saturated carbocycles. The Morgan fingerprint density at radius 3 is 3.00 bits per heavy atom. The van der Waals surface area contributed by atoms with Gasteiger partial charge in [-0.1, -0.05) is 31.9 Å². The lowest BCUT2D eigenvalue weighted by Crippen LogP contribution is -2.34. The van der Waals surface area contributed by atoms with E-state index in [-0.39, 0.29) is 11.7 Å². The van der Waals surface area contributed by atoms with Gasteiger partial charge in [-0.15, -0.1) is 0 Å². The number of carbonyl (C=O) groups is 2. The predicted molar refractivity (Wildman–Crippen MR) is 67.6 cm³/mol. The summed E-state index contributed by atoms with van der Waals surface area (Å²) in [6, 6.07) is 0. The molecule has 17 heavy (non-hydrogen) atoms. The number of unbranched alkanes of at least 4 members (excludes halogenated alkanes) is 2. The van der Waals surface area contributed by atoms with Crippen LogP contribution in [0.1, 0.15) is 45.4 Å². The highest BCUT2D eigenvalue weighted by atomic mass is 16.1. The van der Waals surface area contributed by atoms with Gasteiger partial charge >= 0.3 is 0 Å². The molecule has 0 aromatic carbocycles. The van der Waals surface area contributed by atoms with E-state index in [1.165, 1.54) is 0 Å². The Bertz CT molecular complexity index is 376. The first-order valence-electron chi connectivity index (χ1n) is 6.66. The second-order valence-electron chi connectivity index (χ2n) is 5.10. The zero-order chi connectivity index (χ0) is 12.3. The van der Waals surface area contributed by atoms with Crippen LogP contribution in [0, 0.1) is 11.8 Å². The lowest BCUT2D eigenvalue weighted by molar-refractivity contribution is -0.131. The number of Topliss-reactive ketones (excluding diaryl/α,β-unsaturated/α-hetero) is 1. The third-order valence-electron chi connectivity index (χ3n) is 3.79. The normalized spacial score (nSPS) is 26.9. The van der Waals surface area contributed by atoms with Crippen LogP contribution in [-0.2, 0) is 9.59 Å². The molecule has 0 radical (unpaired) electrons. The van der Waals surface area contributed by atoms with Gasteiger partial charge in [0.05, 0.1) is 0 Å². The number of hydrogen-bond acceptors (Lipinski definition) is 2. The Labute approximate surface area is 103 Å². The third-order valence-corrected chi connectivity index (χ3v) is 3.79. The summed E-state index contributed by atoms with van der Waals surface area (Å²) < 4.78 is 0. The van der Waals surface area contributed by atoms with Gasteiger partial charge in [-0.3, -0.25) is 9.59 Å². The molecular formula is C15H20O2. The maximum absolute atomic E-state index is 11.6. The fourth-order valence-electron chi connectivity index (χ4n) is 2.69. The van der Waals surface area contributed by atoms with Crippen molar-refractivity contribution in [2.75, 3.05) is 0 Å². The summed E-state index contributed by atoms with van der Waals surface area (Å²) in [6.45, 7) is 2.13. The molecule has 0 spiro atoms. The van der Waals surface area contributed by atoms with Crippen molar-refractivity contribution in [3.05, 3.63) is 23.8 Å². The van der Waals surface area contributed by atoms with E-state index in [1.807, 2.05) is 6.08 Å².